The summed E-state index contributed by atoms with van der Waals surface area (Å²) in [6.45, 7) is 7.90. The highest BCUT2D eigenvalue weighted by Crippen LogP contribution is 2.29. The third-order valence-corrected chi connectivity index (χ3v) is 4.56. The van der Waals surface area contributed by atoms with E-state index in [0.29, 0.717) is 12.5 Å². The summed E-state index contributed by atoms with van der Waals surface area (Å²) in [6, 6.07) is 5.52. The molecule has 1 fully saturated rings. The van der Waals surface area contributed by atoms with Crippen LogP contribution in [0.3, 0.4) is 0 Å². The summed E-state index contributed by atoms with van der Waals surface area (Å²) in [6.07, 6.45) is -3.43. The molecule has 2 atom stereocenters. The van der Waals surface area contributed by atoms with Crippen molar-refractivity contribution in [3.05, 3.63) is 35.4 Å². The van der Waals surface area contributed by atoms with Crippen LogP contribution in [-0.4, -0.2) is 29.9 Å². The summed E-state index contributed by atoms with van der Waals surface area (Å²) in [4.78, 5) is 14.0. The number of amides is 1. The molecule has 0 bridgehead atoms. The van der Waals surface area contributed by atoms with E-state index >= 15 is 0 Å². The topological polar surface area (TPSA) is 32.3 Å². The van der Waals surface area contributed by atoms with Crippen molar-refractivity contribution in [1.82, 2.24) is 10.2 Å². The first-order chi connectivity index (χ1) is 11.2. The highest BCUT2D eigenvalue weighted by molar-refractivity contribution is 5.78. The fraction of sp³-hybridized carbons (Fsp3) is 0.611. The molecule has 0 aliphatic carbocycles. The molecule has 0 saturated carbocycles. The van der Waals surface area contributed by atoms with Crippen molar-refractivity contribution < 1.29 is 18.0 Å². The maximum Gasteiger partial charge on any atom is 0.416 e. The molecule has 0 aromatic heterocycles. The van der Waals surface area contributed by atoms with Crippen LogP contribution in [-0.2, 0) is 17.5 Å². The van der Waals surface area contributed by atoms with E-state index < -0.39 is 11.7 Å². The lowest BCUT2D eigenvalue weighted by molar-refractivity contribution is -0.138. The van der Waals surface area contributed by atoms with E-state index in [2.05, 4.69) is 12.2 Å². The smallest absolute Gasteiger partial charge is 0.342 e. The Hall–Kier alpha value is -1.56. The van der Waals surface area contributed by atoms with Gasteiger partial charge in [0, 0.05) is 31.6 Å². The number of piperidine rings is 1. The van der Waals surface area contributed by atoms with Crippen LogP contribution >= 0.6 is 0 Å². The van der Waals surface area contributed by atoms with E-state index in [1.165, 1.54) is 12.1 Å². The Labute approximate surface area is 141 Å². The molecule has 1 aromatic carbocycles. The second-order valence-corrected chi connectivity index (χ2v) is 6.89. The molecular formula is C18H25F3N2O. The minimum Gasteiger partial charge on any atom is -0.342 e. The van der Waals surface area contributed by atoms with Gasteiger partial charge >= 0.3 is 6.18 Å². The van der Waals surface area contributed by atoms with Crippen LogP contribution in [0.1, 0.15) is 38.3 Å². The molecule has 0 radical (unpaired) electrons. The van der Waals surface area contributed by atoms with Crippen LogP contribution in [0.4, 0.5) is 13.2 Å². The average molecular weight is 342 g/mol. The molecule has 2 rings (SSSR count). The van der Waals surface area contributed by atoms with Gasteiger partial charge in [0.25, 0.3) is 0 Å². The van der Waals surface area contributed by atoms with Crippen molar-refractivity contribution in [2.75, 3.05) is 13.1 Å². The van der Waals surface area contributed by atoms with E-state index in [1.807, 2.05) is 18.7 Å². The quantitative estimate of drug-likeness (QED) is 0.905. The molecule has 1 N–H and O–H groups in total. The number of hydrogen-bond acceptors (Lipinski definition) is 2. The van der Waals surface area contributed by atoms with Gasteiger partial charge in [-0.05, 0) is 30.0 Å². The normalized spacial score (nSPS) is 22.0. The van der Waals surface area contributed by atoms with Gasteiger partial charge in [-0.15, -0.1) is 0 Å². The minimum absolute atomic E-state index is 0.00820. The SMILES string of the molecule is CC(C)C(=O)N1CC[C@@H](NCc2ccc(C(F)(F)F)cc2)[C@@H](C)C1. The standard InChI is InChI=1S/C18H25F3N2O/c1-12(2)17(24)23-9-8-16(13(3)11-23)22-10-14-4-6-15(7-5-14)18(19,20)21/h4-7,12-13,16,22H,8-11H2,1-3H3/t13-,16+/m0/s1. The Morgan fingerprint density at radius 1 is 1.29 bits per heavy atom. The Morgan fingerprint density at radius 2 is 1.92 bits per heavy atom. The molecule has 3 nitrogen and oxygen atoms in total. The second kappa shape index (κ2) is 7.55. The molecule has 24 heavy (non-hydrogen) atoms. The van der Waals surface area contributed by atoms with Crippen molar-refractivity contribution in [2.24, 2.45) is 11.8 Å². The number of nitrogens with one attached hydrogen (secondary N) is 1. The van der Waals surface area contributed by atoms with Crippen LogP contribution in [0.2, 0.25) is 0 Å². The maximum absolute atomic E-state index is 12.6. The van der Waals surface area contributed by atoms with Crippen molar-refractivity contribution in [2.45, 2.75) is 46.0 Å². The summed E-state index contributed by atoms with van der Waals surface area (Å²) in [7, 11) is 0. The van der Waals surface area contributed by atoms with Crippen molar-refractivity contribution in [3.8, 4) is 0 Å². The summed E-state index contributed by atoms with van der Waals surface area (Å²) in [5.74, 6) is 0.507. The molecule has 6 heteroatoms. The lowest BCUT2D eigenvalue weighted by Gasteiger charge is -2.38. The predicted molar refractivity (Wildman–Crippen MR) is 87.3 cm³/mol. The zero-order chi connectivity index (χ0) is 17.9. The first kappa shape index (κ1) is 18.8. The number of alkyl halides is 3. The third-order valence-electron chi connectivity index (χ3n) is 4.56. The van der Waals surface area contributed by atoms with Gasteiger partial charge in [0.15, 0.2) is 0 Å². The maximum atomic E-state index is 12.6. The van der Waals surface area contributed by atoms with Gasteiger partial charge < -0.3 is 10.2 Å². The van der Waals surface area contributed by atoms with Crippen LogP contribution in [0.15, 0.2) is 24.3 Å². The Bertz CT molecular complexity index is 554. The van der Waals surface area contributed by atoms with Gasteiger partial charge in [0.1, 0.15) is 0 Å². The first-order valence-corrected chi connectivity index (χ1v) is 8.36. The highest BCUT2D eigenvalue weighted by atomic mass is 19.4. The summed E-state index contributed by atoms with van der Waals surface area (Å²) >= 11 is 0. The van der Waals surface area contributed by atoms with E-state index in [1.54, 1.807) is 0 Å². The predicted octanol–water partition coefficient (Wildman–Crippen LogP) is 3.69. The molecule has 1 aliphatic rings. The zero-order valence-corrected chi connectivity index (χ0v) is 14.4. The molecular weight excluding hydrogens is 317 g/mol. The van der Waals surface area contributed by atoms with Crippen molar-refractivity contribution in [1.29, 1.82) is 0 Å². The number of nitrogens with zero attached hydrogens (tertiary/aromatic N) is 1. The largest absolute Gasteiger partial charge is 0.416 e. The van der Waals surface area contributed by atoms with Gasteiger partial charge in [-0.25, -0.2) is 0 Å². The molecule has 0 unspecified atom stereocenters. The van der Waals surface area contributed by atoms with E-state index in [9.17, 15) is 18.0 Å². The van der Waals surface area contributed by atoms with Gasteiger partial charge in [0.2, 0.25) is 5.91 Å². The molecule has 1 aromatic rings. The fourth-order valence-corrected chi connectivity index (χ4v) is 3.07. The summed E-state index contributed by atoms with van der Waals surface area (Å²) < 4.78 is 37.7. The molecule has 1 saturated heterocycles. The second-order valence-electron chi connectivity index (χ2n) is 6.89. The van der Waals surface area contributed by atoms with Crippen molar-refractivity contribution in [3.63, 3.8) is 0 Å². The zero-order valence-electron chi connectivity index (χ0n) is 14.4. The molecule has 1 aliphatic heterocycles. The Balaban J connectivity index is 1.86. The van der Waals surface area contributed by atoms with E-state index in [4.69, 9.17) is 0 Å². The number of likely N-dealkylation sites (tertiary alicyclic amines) is 1. The van der Waals surface area contributed by atoms with Crippen LogP contribution in [0.5, 0.6) is 0 Å². The Morgan fingerprint density at radius 3 is 2.42 bits per heavy atom. The molecule has 1 amide bonds. The lowest BCUT2D eigenvalue weighted by atomic mass is 9.92. The summed E-state index contributed by atoms with van der Waals surface area (Å²) in [5, 5.41) is 3.42. The Kier molecular flexibility index (Phi) is 5.91. The fourth-order valence-electron chi connectivity index (χ4n) is 3.07. The number of carbonyl (C=O) groups is 1. The minimum atomic E-state index is -4.30. The highest BCUT2D eigenvalue weighted by Gasteiger charge is 2.31. The number of hydrogen-bond donors (Lipinski definition) is 1. The number of halogens is 3. The monoisotopic (exact) mass is 342 g/mol. The number of carbonyl (C=O) groups excluding carboxylic acids is 1. The van der Waals surface area contributed by atoms with Gasteiger partial charge in [-0.1, -0.05) is 32.9 Å². The van der Waals surface area contributed by atoms with Gasteiger partial charge in [0.05, 0.1) is 5.56 Å². The van der Waals surface area contributed by atoms with Gasteiger partial charge in [-0.2, -0.15) is 13.2 Å². The summed E-state index contributed by atoms with van der Waals surface area (Å²) in [5.41, 5.74) is 0.205. The molecule has 134 valence electrons. The van der Waals surface area contributed by atoms with Crippen LogP contribution in [0.25, 0.3) is 0 Å². The van der Waals surface area contributed by atoms with Crippen molar-refractivity contribution >= 4 is 5.91 Å². The number of rotatable bonds is 4. The third kappa shape index (κ3) is 4.72. The lowest BCUT2D eigenvalue weighted by Crippen LogP contribution is -2.50. The van der Waals surface area contributed by atoms with Crippen LogP contribution < -0.4 is 5.32 Å². The van der Waals surface area contributed by atoms with Crippen LogP contribution in [0, 0.1) is 11.8 Å². The van der Waals surface area contributed by atoms with E-state index in [0.717, 1.165) is 37.2 Å². The number of benzene rings is 1. The average Bonchev–Trinajstić information content (AvgIpc) is 2.52. The van der Waals surface area contributed by atoms with E-state index in [-0.39, 0.29) is 17.9 Å². The molecule has 0 spiro atoms. The van der Waals surface area contributed by atoms with Gasteiger partial charge in [-0.3, -0.25) is 4.79 Å². The molecule has 1 heterocycles. The first-order valence-electron chi connectivity index (χ1n) is 8.36.